The van der Waals surface area contributed by atoms with Gasteiger partial charge >= 0.3 is 0 Å². The standard InChI is InChI=1S/C19H22N2O3/c1-3-21(15-10-6-5-7-11-15)19(23)14-18(22)20-16-12-8-9-13-17(16)24-4-2/h5-13H,3-4,14H2,1-2H3,(H,20,22). The lowest BCUT2D eigenvalue weighted by molar-refractivity contribution is -0.125. The summed E-state index contributed by atoms with van der Waals surface area (Å²) in [6, 6.07) is 16.5. The average Bonchev–Trinajstić information content (AvgIpc) is 2.58. The number of nitrogens with one attached hydrogen (secondary N) is 1. The molecule has 0 aromatic heterocycles. The van der Waals surface area contributed by atoms with Crippen LogP contribution in [0.3, 0.4) is 0 Å². The Morgan fingerprint density at radius 1 is 1.00 bits per heavy atom. The Hall–Kier alpha value is -2.82. The molecule has 0 radical (unpaired) electrons. The second kappa shape index (κ2) is 8.72. The highest BCUT2D eigenvalue weighted by Gasteiger charge is 2.18. The van der Waals surface area contributed by atoms with Gasteiger partial charge in [-0.2, -0.15) is 0 Å². The third-order valence-corrected chi connectivity index (χ3v) is 3.46. The Morgan fingerprint density at radius 3 is 2.33 bits per heavy atom. The van der Waals surface area contributed by atoms with Crippen LogP contribution in [0.4, 0.5) is 11.4 Å². The van der Waals surface area contributed by atoms with E-state index in [2.05, 4.69) is 5.32 Å². The van der Waals surface area contributed by atoms with E-state index in [1.165, 1.54) is 0 Å². The lowest BCUT2D eigenvalue weighted by Gasteiger charge is -2.21. The van der Waals surface area contributed by atoms with Crippen LogP contribution in [-0.2, 0) is 9.59 Å². The predicted octanol–water partition coefficient (Wildman–Crippen LogP) is 3.47. The first-order valence-electron chi connectivity index (χ1n) is 8.02. The van der Waals surface area contributed by atoms with Crippen LogP contribution in [0.2, 0.25) is 0 Å². The van der Waals surface area contributed by atoms with Crippen molar-refractivity contribution in [1.29, 1.82) is 0 Å². The Morgan fingerprint density at radius 2 is 1.67 bits per heavy atom. The van der Waals surface area contributed by atoms with E-state index in [0.717, 1.165) is 5.69 Å². The molecule has 2 aromatic carbocycles. The van der Waals surface area contributed by atoms with Crippen LogP contribution in [0, 0.1) is 0 Å². The fourth-order valence-corrected chi connectivity index (χ4v) is 2.39. The minimum absolute atomic E-state index is 0.219. The number of nitrogens with zero attached hydrogens (tertiary/aromatic N) is 1. The maximum absolute atomic E-state index is 12.4. The molecule has 24 heavy (non-hydrogen) atoms. The number of para-hydroxylation sites is 3. The number of carbonyl (C=O) groups excluding carboxylic acids is 2. The van der Waals surface area contributed by atoms with Gasteiger partial charge in [0, 0.05) is 12.2 Å². The third-order valence-electron chi connectivity index (χ3n) is 3.46. The summed E-state index contributed by atoms with van der Waals surface area (Å²) in [5.74, 6) is -0.00664. The molecular weight excluding hydrogens is 304 g/mol. The number of ether oxygens (including phenoxy) is 1. The first-order chi connectivity index (χ1) is 11.7. The smallest absolute Gasteiger partial charge is 0.236 e. The molecule has 1 N–H and O–H groups in total. The minimum atomic E-state index is -0.360. The molecule has 0 unspecified atom stereocenters. The van der Waals surface area contributed by atoms with Gasteiger partial charge in [-0.05, 0) is 38.1 Å². The van der Waals surface area contributed by atoms with Crippen LogP contribution in [0.15, 0.2) is 54.6 Å². The molecule has 2 aromatic rings. The van der Waals surface area contributed by atoms with Crippen molar-refractivity contribution >= 4 is 23.2 Å². The monoisotopic (exact) mass is 326 g/mol. The molecule has 0 heterocycles. The Bertz CT molecular complexity index is 686. The van der Waals surface area contributed by atoms with E-state index in [1.54, 1.807) is 17.0 Å². The summed E-state index contributed by atoms with van der Waals surface area (Å²) in [6.07, 6.45) is -0.219. The number of hydrogen-bond acceptors (Lipinski definition) is 3. The van der Waals surface area contributed by atoms with Crippen molar-refractivity contribution < 1.29 is 14.3 Å². The molecule has 0 fully saturated rings. The third kappa shape index (κ3) is 4.59. The molecular formula is C19H22N2O3. The first kappa shape index (κ1) is 17.5. The SMILES string of the molecule is CCOc1ccccc1NC(=O)CC(=O)N(CC)c1ccccc1. The van der Waals surface area contributed by atoms with Gasteiger partial charge in [0.1, 0.15) is 12.2 Å². The second-order valence-corrected chi connectivity index (χ2v) is 5.13. The number of benzene rings is 2. The molecule has 0 atom stereocenters. The fraction of sp³-hybridized carbons (Fsp3) is 0.263. The van der Waals surface area contributed by atoms with E-state index < -0.39 is 0 Å². The summed E-state index contributed by atoms with van der Waals surface area (Å²) in [5.41, 5.74) is 1.35. The zero-order valence-electron chi connectivity index (χ0n) is 14.0. The van der Waals surface area contributed by atoms with Crippen molar-refractivity contribution in [3.63, 3.8) is 0 Å². The number of amides is 2. The van der Waals surface area contributed by atoms with E-state index in [1.807, 2.05) is 56.3 Å². The molecule has 0 saturated heterocycles. The van der Waals surface area contributed by atoms with Gasteiger partial charge in [-0.25, -0.2) is 0 Å². The first-order valence-corrected chi connectivity index (χ1v) is 8.02. The molecule has 0 spiro atoms. The van der Waals surface area contributed by atoms with Gasteiger partial charge in [0.25, 0.3) is 0 Å². The fourth-order valence-electron chi connectivity index (χ4n) is 2.39. The second-order valence-electron chi connectivity index (χ2n) is 5.13. The number of anilines is 2. The van der Waals surface area contributed by atoms with Crippen LogP contribution in [-0.4, -0.2) is 25.0 Å². The maximum atomic E-state index is 12.4. The van der Waals surface area contributed by atoms with Gasteiger partial charge in [0.2, 0.25) is 11.8 Å². The average molecular weight is 326 g/mol. The normalized spacial score (nSPS) is 10.1. The van der Waals surface area contributed by atoms with E-state index in [-0.39, 0.29) is 18.2 Å². The van der Waals surface area contributed by atoms with E-state index in [0.29, 0.717) is 24.6 Å². The zero-order valence-corrected chi connectivity index (χ0v) is 14.0. The van der Waals surface area contributed by atoms with Crippen LogP contribution < -0.4 is 15.0 Å². The largest absolute Gasteiger partial charge is 0.492 e. The van der Waals surface area contributed by atoms with Gasteiger partial charge in [0.15, 0.2) is 0 Å². The van der Waals surface area contributed by atoms with Gasteiger partial charge in [0.05, 0.1) is 12.3 Å². The number of carbonyl (C=O) groups is 2. The van der Waals surface area contributed by atoms with Crippen molar-refractivity contribution in [2.45, 2.75) is 20.3 Å². The van der Waals surface area contributed by atoms with E-state index >= 15 is 0 Å². The highest BCUT2D eigenvalue weighted by atomic mass is 16.5. The summed E-state index contributed by atoms with van der Waals surface area (Å²) in [7, 11) is 0. The molecule has 0 aliphatic heterocycles. The summed E-state index contributed by atoms with van der Waals surface area (Å²) in [6.45, 7) is 4.77. The number of rotatable bonds is 7. The van der Waals surface area contributed by atoms with E-state index in [4.69, 9.17) is 4.74 Å². The molecule has 5 heteroatoms. The van der Waals surface area contributed by atoms with Gasteiger partial charge < -0.3 is 15.0 Å². The highest BCUT2D eigenvalue weighted by Crippen LogP contribution is 2.24. The zero-order chi connectivity index (χ0) is 17.4. The maximum Gasteiger partial charge on any atom is 0.236 e. The molecule has 0 bridgehead atoms. The quantitative estimate of drug-likeness (QED) is 0.793. The predicted molar refractivity (Wildman–Crippen MR) is 95.3 cm³/mol. The van der Waals surface area contributed by atoms with Crippen molar-refractivity contribution in [3.05, 3.63) is 54.6 Å². The topological polar surface area (TPSA) is 58.6 Å². The van der Waals surface area contributed by atoms with E-state index in [9.17, 15) is 9.59 Å². The van der Waals surface area contributed by atoms with Crippen molar-refractivity contribution in [2.75, 3.05) is 23.4 Å². The molecule has 0 aliphatic carbocycles. The van der Waals surface area contributed by atoms with Crippen LogP contribution in [0.5, 0.6) is 5.75 Å². The molecule has 0 aliphatic rings. The lowest BCUT2D eigenvalue weighted by Crippen LogP contribution is -2.33. The summed E-state index contributed by atoms with van der Waals surface area (Å²) < 4.78 is 5.47. The summed E-state index contributed by atoms with van der Waals surface area (Å²) in [5, 5.41) is 2.75. The molecule has 2 rings (SSSR count). The molecule has 5 nitrogen and oxygen atoms in total. The molecule has 2 amide bonds. The van der Waals surface area contributed by atoms with Crippen molar-refractivity contribution in [1.82, 2.24) is 0 Å². The Labute approximate surface area is 142 Å². The lowest BCUT2D eigenvalue weighted by atomic mass is 10.2. The molecule has 126 valence electrons. The highest BCUT2D eigenvalue weighted by molar-refractivity contribution is 6.09. The molecule has 0 saturated carbocycles. The van der Waals surface area contributed by atoms with Gasteiger partial charge in [-0.1, -0.05) is 30.3 Å². The van der Waals surface area contributed by atoms with Crippen molar-refractivity contribution in [2.24, 2.45) is 0 Å². The van der Waals surface area contributed by atoms with Crippen LogP contribution in [0.1, 0.15) is 20.3 Å². The van der Waals surface area contributed by atoms with Crippen molar-refractivity contribution in [3.8, 4) is 5.75 Å². The van der Waals surface area contributed by atoms with Gasteiger partial charge in [-0.3, -0.25) is 9.59 Å². The van der Waals surface area contributed by atoms with Crippen LogP contribution in [0.25, 0.3) is 0 Å². The van der Waals surface area contributed by atoms with Crippen LogP contribution >= 0.6 is 0 Å². The van der Waals surface area contributed by atoms with Gasteiger partial charge in [-0.15, -0.1) is 0 Å². The number of hydrogen-bond donors (Lipinski definition) is 1. The summed E-state index contributed by atoms with van der Waals surface area (Å²) in [4.78, 5) is 26.2. The Balaban J connectivity index is 2.02. The Kier molecular flexibility index (Phi) is 6.37. The summed E-state index contributed by atoms with van der Waals surface area (Å²) >= 11 is 0. The minimum Gasteiger partial charge on any atom is -0.492 e.